The van der Waals surface area contributed by atoms with Crippen LogP contribution < -0.4 is 15.8 Å². The Kier molecular flexibility index (Phi) is 4.72. The van der Waals surface area contributed by atoms with Crippen LogP contribution in [0.25, 0.3) is 0 Å². The molecule has 2 aromatic carbocycles. The summed E-state index contributed by atoms with van der Waals surface area (Å²) in [7, 11) is -2.23. The zero-order chi connectivity index (χ0) is 15.5. The van der Waals surface area contributed by atoms with Gasteiger partial charge in [-0.2, -0.15) is 0 Å². The zero-order valence-electron chi connectivity index (χ0n) is 11.4. The minimum absolute atomic E-state index is 0.108. The quantitative estimate of drug-likeness (QED) is 0.737. The topological polar surface area (TPSA) is 84.2 Å². The number of nitrogens with two attached hydrogens (primary N) is 1. The van der Waals surface area contributed by atoms with Crippen molar-refractivity contribution < 1.29 is 8.42 Å². The summed E-state index contributed by atoms with van der Waals surface area (Å²) in [4.78, 5) is 0.108. The van der Waals surface area contributed by atoms with Gasteiger partial charge in [-0.15, -0.1) is 0 Å². The van der Waals surface area contributed by atoms with E-state index in [9.17, 15) is 8.42 Å². The van der Waals surface area contributed by atoms with Gasteiger partial charge in [-0.1, -0.05) is 29.8 Å². The van der Waals surface area contributed by atoms with Gasteiger partial charge < -0.3 is 11.1 Å². The molecule has 2 aromatic rings. The van der Waals surface area contributed by atoms with Crippen LogP contribution >= 0.6 is 11.6 Å². The van der Waals surface area contributed by atoms with Crippen LogP contribution in [0.2, 0.25) is 5.02 Å². The summed E-state index contributed by atoms with van der Waals surface area (Å²) >= 11 is 6.08. The van der Waals surface area contributed by atoms with Crippen molar-refractivity contribution in [3.05, 3.63) is 53.1 Å². The van der Waals surface area contributed by atoms with E-state index in [1.54, 1.807) is 18.2 Å². The maximum absolute atomic E-state index is 12.0. The number of sulfonamides is 1. The molecule has 0 radical (unpaired) electrons. The Morgan fingerprint density at radius 1 is 1.19 bits per heavy atom. The Labute approximate surface area is 129 Å². The van der Waals surface area contributed by atoms with Gasteiger partial charge in [0.1, 0.15) is 4.90 Å². The number of benzene rings is 2. The third-order valence-corrected chi connectivity index (χ3v) is 4.81. The van der Waals surface area contributed by atoms with E-state index in [-0.39, 0.29) is 4.90 Å². The van der Waals surface area contributed by atoms with E-state index >= 15 is 0 Å². The van der Waals surface area contributed by atoms with Gasteiger partial charge >= 0.3 is 0 Å². The van der Waals surface area contributed by atoms with E-state index in [0.717, 1.165) is 5.56 Å². The molecular formula is C14H16ClN3O2S. The van der Waals surface area contributed by atoms with Gasteiger partial charge in [-0.25, -0.2) is 13.1 Å². The molecule has 0 aromatic heterocycles. The molecule has 0 saturated carbocycles. The molecule has 0 aliphatic heterocycles. The first-order valence-electron chi connectivity index (χ1n) is 6.24. The Balaban J connectivity index is 2.31. The standard InChI is InChI=1S/C14H16ClN3O2S/c1-17-21(19,20)14-8-11(16)6-7-13(14)18-9-10-4-2-3-5-12(10)15/h2-8,17-18H,9,16H2,1H3. The Hall–Kier alpha value is -1.76. The van der Waals surface area contributed by atoms with Crippen molar-refractivity contribution in [2.24, 2.45) is 0 Å². The average Bonchev–Trinajstić information content (AvgIpc) is 2.47. The van der Waals surface area contributed by atoms with Crippen molar-refractivity contribution in [3.63, 3.8) is 0 Å². The normalized spacial score (nSPS) is 11.3. The summed E-state index contributed by atoms with van der Waals surface area (Å²) in [6.45, 7) is 0.413. The van der Waals surface area contributed by atoms with E-state index < -0.39 is 10.0 Å². The average molecular weight is 326 g/mol. The van der Waals surface area contributed by atoms with Crippen molar-refractivity contribution in [1.82, 2.24) is 4.72 Å². The van der Waals surface area contributed by atoms with Gasteiger partial charge in [0.25, 0.3) is 0 Å². The third kappa shape index (κ3) is 3.66. The maximum Gasteiger partial charge on any atom is 0.242 e. The fraction of sp³-hybridized carbons (Fsp3) is 0.143. The number of halogens is 1. The van der Waals surface area contributed by atoms with Crippen LogP contribution in [-0.2, 0) is 16.6 Å². The summed E-state index contributed by atoms with van der Waals surface area (Å²) in [6.07, 6.45) is 0. The molecule has 2 rings (SSSR count). The van der Waals surface area contributed by atoms with Gasteiger partial charge in [0.2, 0.25) is 10.0 Å². The molecule has 21 heavy (non-hydrogen) atoms. The molecule has 0 aliphatic rings. The van der Waals surface area contributed by atoms with Crippen molar-refractivity contribution in [1.29, 1.82) is 0 Å². The van der Waals surface area contributed by atoms with E-state index in [4.69, 9.17) is 17.3 Å². The van der Waals surface area contributed by atoms with Crippen LogP contribution in [0.15, 0.2) is 47.4 Å². The van der Waals surface area contributed by atoms with Gasteiger partial charge in [-0.3, -0.25) is 0 Å². The largest absolute Gasteiger partial charge is 0.399 e. The lowest BCUT2D eigenvalue weighted by Gasteiger charge is -2.13. The van der Waals surface area contributed by atoms with Crippen LogP contribution in [-0.4, -0.2) is 15.5 Å². The first-order chi connectivity index (χ1) is 9.94. The molecule has 5 nitrogen and oxygen atoms in total. The monoisotopic (exact) mass is 325 g/mol. The lowest BCUT2D eigenvalue weighted by atomic mass is 10.2. The number of anilines is 2. The highest BCUT2D eigenvalue weighted by atomic mass is 35.5. The van der Waals surface area contributed by atoms with Crippen LogP contribution in [0.3, 0.4) is 0 Å². The minimum Gasteiger partial charge on any atom is -0.399 e. The molecule has 0 unspecified atom stereocenters. The molecular weight excluding hydrogens is 310 g/mol. The third-order valence-electron chi connectivity index (χ3n) is 2.99. The first-order valence-corrected chi connectivity index (χ1v) is 8.10. The second-order valence-electron chi connectivity index (χ2n) is 4.41. The summed E-state index contributed by atoms with van der Waals surface area (Å²) < 4.78 is 26.3. The predicted octanol–water partition coefficient (Wildman–Crippen LogP) is 2.44. The lowest BCUT2D eigenvalue weighted by Crippen LogP contribution is -2.20. The highest BCUT2D eigenvalue weighted by molar-refractivity contribution is 7.89. The fourth-order valence-electron chi connectivity index (χ4n) is 1.85. The van der Waals surface area contributed by atoms with Crippen LogP contribution in [0.1, 0.15) is 5.56 Å². The molecule has 0 bridgehead atoms. The summed E-state index contributed by atoms with van der Waals surface area (Å²) in [5, 5.41) is 3.70. The summed E-state index contributed by atoms with van der Waals surface area (Å²) in [5.41, 5.74) is 7.40. The second kappa shape index (κ2) is 6.34. The number of nitrogens with one attached hydrogen (secondary N) is 2. The van der Waals surface area contributed by atoms with Crippen LogP contribution in [0.5, 0.6) is 0 Å². The summed E-state index contributed by atoms with van der Waals surface area (Å²) in [6, 6.07) is 12.1. The van der Waals surface area contributed by atoms with E-state index in [0.29, 0.717) is 22.9 Å². The molecule has 0 spiro atoms. The van der Waals surface area contributed by atoms with Crippen molar-refractivity contribution >= 4 is 33.0 Å². The van der Waals surface area contributed by atoms with Gasteiger partial charge in [0, 0.05) is 17.3 Å². The number of hydrogen-bond acceptors (Lipinski definition) is 4. The Bertz CT molecular complexity index is 748. The van der Waals surface area contributed by atoms with E-state index in [2.05, 4.69) is 10.0 Å². The van der Waals surface area contributed by atoms with Crippen LogP contribution in [0.4, 0.5) is 11.4 Å². The molecule has 0 amide bonds. The molecule has 0 aliphatic carbocycles. The molecule has 0 saturated heterocycles. The van der Waals surface area contributed by atoms with Crippen molar-refractivity contribution in [2.75, 3.05) is 18.1 Å². The lowest BCUT2D eigenvalue weighted by molar-refractivity contribution is 0.588. The first kappa shape index (κ1) is 15.6. The SMILES string of the molecule is CNS(=O)(=O)c1cc(N)ccc1NCc1ccccc1Cl. The maximum atomic E-state index is 12.0. The molecule has 0 atom stereocenters. The number of hydrogen-bond donors (Lipinski definition) is 3. The van der Waals surface area contributed by atoms with E-state index in [1.165, 1.54) is 13.1 Å². The Morgan fingerprint density at radius 2 is 1.90 bits per heavy atom. The highest BCUT2D eigenvalue weighted by Gasteiger charge is 2.17. The Morgan fingerprint density at radius 3 is 2.57 bits per heavy atom. The molecule has 4 N–H and O–H groups in total. The van der Waals surface area contributed by atoms with Crippen LogP contribution in [0, 0.1) is 0 Å². The fourth-order valence-corrected chi connectivity index (χ4v) is 2.99. The predicted molar refractivity (Wildman–Crippen MR) is 85.9 cm³/mol. The zero-order valence-corrected chi connectivity index (χ0v) is 13.0. The van der Waals surface area contributed by atoms with Crippen molar-refractivity contribution in [3.8, 4) is 0 Å². The van der Waals surface area contributed by atoms with Gasteiger partial charge in [0.15, 0.2) is 0 Å². The molecule has 112 valence electrons. The molecule has 7 heteroatoms. The van der Waals surface area contributed by atoms with Crippen molar-refractivity contribution in [2.45, 2.75) is 11.4 Å². The highest BCUT2D eigenvalue weighted by Crippen LogP contribution is 2.25. The number of nitrogen functional groups attached to an aromatic ring is 1. The molecule has 0 heterocycles. The smallest absolute Gasteiger partial charge is 0.242 e. The van der Waals surface area contributed by atoms with Gasteiger partial charge in [0.05, 0.1) is 5.69 Å². The van der Waals surface area contributed by atoms with Gasteiger partial charge in [-0.05, 0) is 36.9 Å². The van der Waals surface area contributed by atoms with E-state index in [1.807, 2.05) is 18.2 Å². The second-order valence-corrected chi connectivity index (χ2v) is 6.67. The molecule has 0 fully saturated rings. The minimum atomic E-state index is -3.59. The number of rotatable bonds is 5. The summed E-state index contributed by atoms with van der Waals surface area (Å²) in [5.74, 6) is 0.